The second-order valence-electron chi connectivity index (χ2n) is 5.15. The maximum Gasteiger partial charge on any atom is 0.326 e. The number of rotatable bonds is 7. The second kappa shape index (κ2) is 7.87. The van der Waals surface area contributed by atoms with Gasteiger partial charge in [-0.2, -0.15) is 0 Å². The molecule has 0 spiro atoms. The number of amides is 1. The van der Waals surface area contributed by atoms with E-state index < -0.39 is 17.9 Å². The van der Waals surface area contributed by atoms with Gasteiger partial charge in [-0.25, -0.2) is 9.48 Å². The summed E-state index contributed by atoms with van der Waals surface area (Å²) in [7, 11) is 0. The van der Waals surface area contributed by atoms with Crippen LogP contribution in [0.2, 0.25) is 0 Å². The lowest BCUT2D eigenvalue weighted by Gasteiger charge is -2.12. The number of aromatic nitrogens is 3. The first kappa shape index (κ1) is 17.9. The lowest BCUT2D eigenvalue weighted by molar-refractivity contribution is -0.139. The maximum atomic E-state index is 12.3. The number of carbonyl (C=O) groups excluding carboxylic acids is 1. The summed E-state index contributed by atoms with van der Waals surface area (Å²) in [5.74, 6) is -1.66. The van der Waals surface area contributed by atoms with E-state index in [1.807, 2.05) is 24.3 Å². The second-order valence-corrected chi connectivity index (χ2v) is 6.06. The molecule has 0 aliphatic rings. The maximum absolute atomic E-state index is 12.3. The van der Waals surface area contributed by atoms with E-state index in [4.69, 9.17) is 0 Å². The van der Waals surface area contributed by atoms with Gasteiger partial charge in [-0.05, 0) is 38.0 Å². The molecule has 1 unspecified atom stereocenters. The number of carboxylic acids is 1. The molecule has 2 rings (SSSR count). The van der Waals surface area contributed by atoms with E-state index in [1.165, 1.54) is 4.68 Å². The Labute approximate surface area is 147 Å². The number of nitrogens with one attached hydrogen (secondary N) is 1. The third kappa shape index (κ3) is 4.08. The van der Waals surface area contributed by atoms with Crippen LogP contribution in [0.15, 0.2) is 41.4 Å². The Balaban J connectivity index is 2.22. The molecule has 8 heteroatoms. The molecule has 2 N–H and O–H groups in total. The molecule has 0 aliphatic carbocycles. The molecule has 1 amide bonds. The van der Waals surface area contributed by atoms with Gasteiger partial charge in [-0.3, -0.25) is 4.79 Å². The Morgan fingerprint density at radius 2 is 2.25 bits per heavy atom. The summed E-state index contributed by atoms with van der Waals surface area (Å²) >= 11 is 3.38. The largest absolute Gasteiger partial charge is 0.480 e. The average Bonchev–Trinajstić information content (AvgIpc) is 2.92. The first-order chi connectivity index (χ1) is 11.4. The van der Waals surface area contributed by atoms with Crippen molar-refractivity contribution in [3.63, 3.8) is 0 Å². The number of hydrogen-bond acceptors (Lipinski definition) is 4. The van der Waals surface area contributed by atoms with Crippen molar-refractivity contribution in [2.24, 2.45) is 0 Å². The monoisotopic (exact) mass is 392 g/mol. The molecule has 0 aliphatic heterocycles. The van der Waals surface area contributed by atoms with Gasteiger partial charge in [-0.15, -0.1) is 11.7 Å². The summed E-state index contributed by atoms with van der Waals surface area (Å²) in [5.41, 5.74) is 1.37. The number of allylic oxidation sites excluding steroid dienone is 1. The lowest BCUT2D eigenvalue weighted by atomic mass is 10.1. The number of carboxylic acid groups (broad SMARTS) is 1. The van der Waals surface area contributed by atoms with Crippen LogP contribution < -0.4 is 5.32 Å². The van der Waals surface area contributed by atoms with E-state index in [-0.39, 0.29) is 12.1 Å². The Kier molecular flexibility index (Phi) is 5.86. The molecule has 2 aromatic rings. The zero-order valence-electron chi connectivity index (χ0n) is 13.1. The molecule has 1 heterocycles. The molecular formula is C16H17BrN4O3. The molecule has 24 heavy (non-hydrogen) atoms. The van der Waals surface area contributed by atoms with Crippen LogP contribution in [0.25, 0.3) is 5.69 Å². The number of halogens is 1. The Bertz CT molecular complexity index is 772. The summed E-state index contributed by atoms with van der Waals surface area (Å²) in [4.78, 5) is 23.6. The van der Waals surface area contributed by atoms with Crippen molar-refractivity contribution in [1.29, 1.82) is 0 Å². The highest BCUT2D eigenvalue weighted by atomic mass is 79.9. The zero-order valence-corrected chi connectivity index (χ0v) is 14.7. The van der Waals surface area contributed by atoms with E-state index in [1.54, 1.807) is 13.0 Å². The van der Waals surface area contributed by atoms with Gasteiger partial charge < -0.3 is 10.4 Å². The zero-order chi connectivity index (χ0) is 17.7. The highest BCUT2D eigenvalue weighted by Gasteiger charge is 2.24. The summed E-state index contributed by atoms with van der Waals surface area (Å²) in [5, 5.41) is 19.5. The third-order valence-corrected chi connectivity index (χ3v) is 3.92. The van der Waals surface area contributed by atoms with Crippen LogP contribution in [0.1, 0.15) is 29.0 Å². The third-order valence-electron chi connectivity index (χ3n) is 3.43. The van der Waals surface area contributed by atoms with Crippen LogP contribution in [-0.4, -0.2) is 38.0 Å². The van der Waals surface area contributed by atoms with E-state index in [0.29, 0.717) is 12.1 Å². The molecule has 1 aromatic heterocycles. The molecule has 1 atom stereocenters. The molecule has 126 valence electrons. The number of benzene rings is 1. The van der Waals surface area contributed by atoms with Crippen LogP contribution in [-0.2, 0) is 4.79 Å². The first-order valence-electron chi connectivity index (χ1n) is 7.27. The molecule has 0 saturated heterocycles. The summed E-state index contributed by atoms with van der Waals surface area (Å²) in [6.07, 6.45) is 2.36. The molecule has 0 saturated carbocycles. The molecule has 0 bridgehead atoms. The van der Waals surface area contributed by atoms with Crippen molar-refractivity contribution >= 4 is 27.8 Å². The van der Waals surface area contributed by atoms with Gasteiger partial charge in [0.1, 0.15) is 6.04 Å². The summed E-state index contributed by atoms with van der Waals surface area (Å²) in [6, 6.07) is 6.40. The smallest absolute Gasteiger partial charge is 0.326 e. The van der Waals surface area contributed by atoms with Crippen LogP contribution in [0, 0.1) is 6.92 Å². The first-order valence-corrected chi connectivity index (χ1v) is 8.06. The molecule has 1 aromatic carbocycles. The Morgan fingerprint density at radius 1 is 1.50 bits per heavy atom. The molecule has 0 fully saturated rings. The lowest BCUT2D eigenvalue weighted by Crippen LogP contribution is -2.41. The van der Waals surface area contributed by atoms with Gasteiger partial charge in [0.25, 0.3) is 5.91 Å². The quantitative estimate of drug-likeness (QED) is 0.705. The van der Waals surface area contributed by atoms with Crippen molar-refractivity contribution in [1.82, 2.24) is 20.3 Å². The van der Waals surface area contributed by atoms with Gasteiger partial charge in [0.2, 0.25) is 0 Å². The minimum Gasteiger partial charge on any atom is -0.480 e. The van der Waals surface area contributed by atoms with E-state index >= 15 is 0 Å². The number of nitrogens with zero attached hydrogens (tertiary/aromatic N) is 3. The van der Waals surface area contributed by atoms with E-state index in [9.17, 15) is 14.7 Å². The fourth-order valence-electron chi connectivity index (χ4n) is 2.16. The Hall–Kier alpha value is -2.48. The van der Waals surface area contributed by atoms with Gasteiger partial charge in [0.15, 0.2) is 5.69 Å². The Morgan fingerprint density at radius 3 is 2.88 bits per heavy atom. The van der Waals surface area contributed by atoms with Crippen molar-refractivity contribution in [3.8, 4) is 5.69 Å². The SMILES string of the molecule is C=CCCC(NC(=O)c1nnn(-c2cccc(Br)c2)c1C)C(=O)O. The van der Waals surface area contributed by atoms with Crippen LogP contribution in [0.5, 0.6) is 0 Å². The van der Waals surface area contributed by atoms with Crippen molar-refractivity contribution in [2.45, 2.75) is 25.8 Å². The predicted molar refractivity (Wildman–Crippen MR) is 92.1 cm³/mol. The number of aliphatic carboxylic acids is 1. The van der Waals surface area contributed by atoms with Gasteiger partial charge in [0, 0.05) is 4.47 Å². The molecule has 0 radical (unpaired) electrons. The minimum absolute atomic E-state index is 0.0971. The summed E-state index contributed by atoms with van der Waals surface area (Å²) < 4.78 is 2.40. The van der Waals surface area contributed by atoms with Crippen LogP contribution in [0.3, 0.4) is 0 Å². The summed E-state index contributed by atoms with van der Waals surface area (Å²) in [6.45, 7) is 5.26. The van der Waals surface area contributed by atoms with Crippen molar-refractivity contribution < 1.29 is 14.7 Å². The van der Waals surface area contributed by atoms with Crippen molar-refractivity contribution in [2.75, 3.05) is 0 Å². The van der Waals surface area contributed by atoms with E-state index in [2.05, 4.69) is 38.1 Å². The molecular weight excluding hydrogens is 376 g/mol. The fourth-order valence-corrected chi connectivity index (χ4v) is 2.55. The molecule has 7 nitrogen and oxygen atoms in total. The predicted octanol–water partition coefficient (Wildman–Crippen LogP) is 2.49. The van der Waals surface area contributed by atoms with Crippen LogP contribution in [0.4, 0.5) is 0 Å². The van der Waals surface area contributed by atoms with E-state index in [0.717, 1.165) is 10.2 Å². The number of carbonyl (C=O) groups is 2. The minimum atomic E-state index is -1.10. The van der Waals surface area contributed by atoms with Crippen LogP contribution >= 0.6 is 15.9 Å². The number of hydrogen-bond donors (Lipinski definition) is 2. The van der Waals surface area contributed by atoms with Gasteiger partial charge >= 0.3 is 5.97 Å². The highest BCUT2D eigenvalue weighted by Crippen LogP contribution is 2.17. The van der Waals surface area contributed by atoms with Gasteiger partial charge in [0.05, 0.1) is 11.4 Å². The normalized spacial score (nSPS) is 11.8. The average molecular weight is 393 g/mol. The highest BCUT2D eigenvalue weighted by molar-refractivity contribution is 9.10. The van der Waals surface area contributed by atoms with Crippen molar-refractivity contribution in [3.05, 3.63) is 52.8 Å². The van der Waals surface area contributed by atoms with Gasteiger partial charge in [-0.1, -0.05) is 33.3 Å². The standard InChI is InChI=1S/C16H17BrN4O3/c1-3-4-8-13(16(23)24)18-15(22)14-10(2)21(20-19-14)12-7-5-6-11(17)9-12/h3,5-7,9,13H,1,4,8H2,2H3,(H,18,22)(H,23,24). The topological polar surface area (TPSA) is 97.1 Å². The fraction of sp³-hybridized carbons (Fsp3) is 0.250.